The molecule has 0 aromatic carbocycles. The largest absolute Gasteiger partial charge is 0.350 e. The second kappa shape index (κ2) is 4.97. The van der Waals surface area contributed by atoms with E-state index in [1.54, 1.807) is 0 Å². The Morgan fingerprint density at radius 1 is 1.60 bits per heavy atom. The highest BCUT2D eigenvalue weighted by atomic mass is 79.9. The van der Waals surface area contributed by atoms with Gasteiger partial charge in [0, 0.05) is 11.4 Å². The third-order valence-electron chi connectivity index (χ3n) is 2.39. The number of hydrogen-bond donors (Lipinski definition) is 1. The Balaban J connectivity index is 1.81. The van der Waals surface area contributed by atoms with Crippen LogP contribution in [0.1, 0.15) is 22.5 Å². The molecular formula is C10H11Br2NOS. The van der Waals surface area contributed by atoms with Gasteiger partial charge in [-0.2, -0.15) is 0 Å². The fourth-order valence-electron chi connectivity index (χ4n) is 1.34. The smallest absolute Gasteiger partial charge is 0.261 e. The molecule has 1 N–H and O–H groups in total. The van der Waals surface area contributed by atoms with E-state index in [2.05, 4.69) is 37.2 Å². The molecule has 0 spiro atoms. The van der Waals surface area contributed by atoms with Gasteiger partial charge in [-0.3, -0.25) is 4.79 Å². The van der Waals surface area contributed by atoms with E-state index in [1.165, 1.54) is 24.2 Å². The Kier molecular flexibility index (Phi) is 3.85. The van der Waals surface area contributed by atoms with E-state index in [-0.39, 0.29) is 5.91 Å². The predicted molar refractivity (Wildman–Crippen MR) is 69.8 cm³/mol. The monoisotopic (exact) mass is 351 g/mol. The van der Waals surface area contributed by atoms with Crippen LogP contribution in [0.25, 0.3) is 0 Å². The highest BCUT2D eigenvalue weighted by Gasteiger charge is 2.29. The van der Waals surface area contributed by atoms with Gasteiger partial charge in [0.25, 0.3) is 5.91 Å². The summed E-state index contributed by atoms with van der Waals surface area (Å²) in [4.78, 5) is 12.9. The average molecular weight is 353 g/mol. The second-order valence-electron chi connectivity index (χ2n) is 3.67. The van der Waals surface area contributed by atoms with E-state index in [0.29, 0.717) is 4.83 Å². The van der Waals surface area contributed by atoms with Gasteiger partial charge < -0.3 is 5.32 Å². The van der Waals surface area contributed by atoms with Gasteiger partial charge in [-0.05, 0) is 46.8 Å². The first-order valence-corrected chi connectivity index (χ1v) is 7.37. The van der Waals surface area contributed by atoms with Crippen molar-refractivity contribution in [3.05, 3.63) is 20.8 Å². The zero-order valence-corrected chi connectivity index (χ0v) is 12.0. The van der Waals surface area contributed by atoms with Crippen LogP contribution in [0, 0.1) is 5.92 Å². The number of rotatable bonds is 4. The van der Waals surface area contributed by atoms with Gasteiger partial charge in [0.2, 0.25) is 0 Å². The molecule has 0 saturated heterocycles. The summed E-state index contributed by atoms with van der Waals surface area (Å²) >= 11 is 8.39. The lowest BCUT2D eigenvalue weighted by Crippen LogP contribution is -2.29. The summed E-state index contributed by atoms with van der Waals surface area (Å²) in [5, 5.41) is 2.94. The predicted octanol–water partition coefficient (Wildman–Crippen LogP) is 3.41. The van der Waals surface area contributed by atoms with E-state index < -0.39 is 0 Å². The van der Waals surface area contributed by atoms with Crippen molar-refractivity contribution in [3.63, 3.8) is 0 Å². The van der Waals surface area contributed by atoms with E-state index in [1.807, 2.05) is 12.1 Å². The molecule has 2 rings (SSSR count). The average Bonchev–Trinajstić information content (AvgIpc) is 2.97. The molecule has 1 aromatic heterocycles. The van der Waals surface area contributed by atoms with Crippen LogP contribution in [0.15, 0.2) is 15.9 Å². The molecule has 82 valence electrons. The lowest BCUT2D eigenvalue weighted by Gasteiger charge is -2.08. The van der Waals surface area contributed by atoms with Crippen molar-refractivity contribution >= 4 is 49.1 Å². The molecule has 1 aromatic rings. The summed E-state index contributed by atoms with van der Waals surface area (Å²) < 4.78 is 0.991. The molecule has 0 aliphatic heterocycles. The topological polar surface area (TPSA) is 29.1 Å². The quantitative estimate of drug-likeness (QED) is 0.826. The molecule has 1 atom stereocenters. The summed E-state index contributed by atoms with van der Waals surface area (Å²) in [5.74, 6) is 0.788. The molecule has 1 amide bonds. The van der Waals surface area contributed by atoms with E-state index in [9.17, 15) is 4.79 Å². The van der Waals surface area contributed by atoms with Crippen LogP contribution in [-0.4, -0.2) is 17.3 Å². The minimum atomic E-state index is 0.0239. The molecule has 1 unspecified atom stereocenters. The lowest BCUT2D eigenvalue weighted by atomic mass is 10.3. The molecule has 1 aliphatic carbocycles. The number of alkyl halides is 1. The number of carbonyl (C=O) groups is 1. The van der Waals surface area contributed by atoms with Gasteiger partial charge in [0.15, 0.2) is 0 Å². The Bertz CT molecular complexity index is 362. The molecular weight excluding hydrogens is 342 g/mol. The van der Waals surface area contributed by atoms with Gasteiger partial charge in [-0.25, -0.2) is 0 Å². The van der Waals surface area contributed by atoms with E-state index in [0.717, 1.165) is 21.1 Å². The van der Waals surface area contributed by atoms with Crippen LogP contribution in [0.3, 0.4) is 0 Å². The molecule has 1 heterocycles. The second-order valence-corrected chi connectivity index (χ2v) is 7.31. The summed E-state index contributed by atoms with van der Waals surface area (Å²) in [6.07, 6.45) is 2.58. The number of thiophene rings is 1. The number of hydrogen-bond acceptors (Lipinski definition) is 2. The van der Waals surface area contributed by atoms with Crippen molar-refractivity contribution in [2.24, 2.45) is 5.92 Å². The summed E-state index contributed by atoms with van der Waals surface area (Å²) in [5.41, 5.74) is 0. The third-order valence-corrected chi connectivity index (χ3v) is 5.08. The molecule has 0 radical (unpaired) electrons. The number of carbonyl (C=O) groups excluding carboxylic acids is 1. The molecule has 0 bridgehead atoms. The van der Waals surface area contributed by atoms with Gasteiger partial charge >= 0.3 is 0 Å². The number of nitrogens with one attached hydrogen (secondary N) is 1. The van der Waals surface area contributed by atoms with Gasteiger partial charge in [0.05, 0.1) is 8.66 Å². The zero-order chi connectivity index (χ0) is 10.8. The minimum absolute atomic E-state index is 0.0239. The van der Waals surface area contributed by atoms with Crippen LogP contribution in [0.2, 0.25) is 0 Å². The molecule has 1 saturated carbocycles. The molecule has 15 heavy (non-hydrogen) atoms. The fourth-order valence-corrected chi connectivity index (χ4v) is 3.33. The van der Waals surface area contributed by atoms with Crippen LogP contribution >= 0.6 is 43.2 Å². The zero-order valence-electron chi connectivity index (χ0n) is 8.00. The van der Waals surface area contributed by atoms with Crippen molar-refractivity contribution in [1.82, 2.24) is 5.32 Å². The van der Waals surface area contributed by atoms with Crippen LogP contribution < -0.4 is 5.32 Å². The SMILES string of the molecule is O=C(NCC(Br)C1CC1)c1ccc(Br)s1. The van der Waals surface area contributed by atoms with Crippen molar-refractivity contribution < 1.29 is 4.79 Å². The molecule has 1 fully saturated rings. The Labute approximate surface area is 110 Å². The molecule has 5 heteroatoms. The normalized spacial score (nSPS) is 17.5. The fraction of sp³-hybridized carbons (Fsp3) is 0.500. The van der Waals surface area contributed by atoms with Gasteiger partial charge in [0.1, 0.15) is 0 Å². The lowest BCUT2D eigenvalue weighted by molar-refractivity contribution is 0.0957. The van der Waals surface area contributed by atoms with Gasteiger partial charge in [-0.15, -0.1) is 11.3 Å². The van der Waals surface area contributed by atoms with Crippen molar-refractivity contribution in [1.29, 1.82) is 0 Å². The van der Waals surface area contributed by atoms with Gasteiger partial charge in [-0.1, -0.05) is 15.9 Å². The highest BCUT2D eigenvalue weighted by molar-refractivity contribution is 9.11. The first kappa shape index (κ1) is 11.6. The highest BCUT2D eigenvalue weighted by Crippen LogP contribution is 2.36. The maximum absolute atomic E-state index is 11.7. The molecule has 1 aliphatic rings. The number of halogens is 2. The van der Waals surface area contributed by atoms with Crippen LogP contribution in [0.4, 0.5) is 0 Å². The van der Waals surface area contributed by atoms with E-state index >= 15 is 0 Å². The summed E-state index contributed by atoms with van der Waals surface area (Å²) in [7, 11) is 0. The van der Waals surface area contributed by atoms with E-state index in [4.69, 9.17) is 0 Å². The maximum Gasteiger partial charge on any atom is 0.261 e. The van der Waals surface area contributed by atoms with Crippen molar-refractivity contribution in [2.45, 2.75) is 17.7 Å². The third kappa shape index (κ3) is 3.29. The number of amides is 1. The summed E-state index contributed by atoms with van der Waals surface area (Å²) in [6, 6.07) is 3.73. The van der Waals surface area contributed by atoms with Crippen molar-refractivity contribution in [3.8, 4) is 0 Å². The summed E-state index contributed by atoms with van der Waals surface area (Å²) in [6.45, 7) is 0.721. The standard InChI is InChI=1S/C10H11Br2NOS/c11-7(6-1-2-6)5-13-10(14)8-3-4-9(12)15-8/h3-4,6-7H,1-2,5H2,(H,13,14). The van der Waals surface area contributed by atoms with Crippen molar-refractivity contribution in [2.75, 3.05) is 6.54 Å². The maximum atomic E-state index is 11.7. The Morgan fingerprint density at radius 3 is 2.87 bits per heavy atom. The first-order valence-electron chi connectivity index (χ1n) is 4.84. The Hall–Kier alpha value is 0.130. The van der Waals surface area contributed by atoms with Crippen LogP contribution in [0.5, 0.6) is 0 Å². The van der Waals surface area contributed by atoms with Crippen LogP contribution in [-0.2, 0) is 0 Å². The Morgan fingerprint density at radius 2 is 2.33 bits per heavy atom. The first-order chi connectivity index (χ1) is 7.16. The molecule has 2 nitrogen and oxygen atoms in total. The minimum Gasteiger partial charge on any atom is -0.350 e.